The van der Waals surface area contributed by atoms with Gasteiger partial charge in [-0.2, -0.15) is 4.98 Å². The van der Waals surface area contributed by atoms with Gasteiger partial charge in [-0.3, -0.25) is 0 Å². The van der Waals surface area contributed by atoms with Gasteiger partial charge < -0.3 is 14.5 Å². The Bertz CT molecular complexity index is 567. The first-order chi connectivity index (χ1) is 9.76. The number of aryl methyl sites for hydroxylation is 1. The molecule has 3 rings (SSSR count). The summed E-state index contributed by atoms with van der Waals surface area (Å²) in [6, 6.07) is 3.86. The number of aliphatic hydroxyl groups excluding tert-OH is 1. The highest BCUT2D eigenvalue weighted by Gasteiger charge is 2.19. The molecular formula is C14H18N4O2. The van der Waals surface area contributed by atoms with Gasteiger partial charge >= 0.3 is 0 Å². The van der Waals surface area contributed by atoms with Crippen molar-refractivity contribution in [2.75, 3.05) is 18.0 Å². The second-order valence-electron chi connectivity index (χ2n) is 5.02. The molecule has 20 heavy (non-hydrogen) atoms. The first-order valence-electron chi connectivity index (χ1n) is 6.98. The van der Waals surface area contributed by atoms with Gasteiger partial charge in [0.25, 0.3) is 5.89 Å². The smallest absolute Gasteiger partial charge is 0.259 e. The van der Waals surface area contributed by atoms with Crippen molar-refractivity contribution in [3.05, 3.63) is 24.2 Å². The highest BCUT2D eigenvalue weighted by Crippen LogP contribution is 2.22. The van der Waals surface area contributed by atoms with E-state index < -0.39 is 0 Å². The van der Waals surface area contributed by atoms with Gasteiger partial charge in [0, 0.05) is 25.7 Å². The van der Waals surface area contributed by atoms with Gasteiger partial charge in [-0.15, -0.1) is 0 Å². The maximum atomic E-state index is 9.70. The van der Waals surface area contributed by atoms with E-state index in [4.69, 9.17) is 4.52 Å². The van der Waals surface area contributed by atoms with Crippen LogP contribution in [0.25, 0.3) is 11.5 Å². The molecule has 3 heterocycles. The summed E-state index contributed by atoms with van der Waals surface area (Å²) < 4.78 is 5.19. The molecule has 2 aromatic rings. The predicted octanol–water partition coefficient (Wildman–Crippen LogP) is 1.66. The van der Waals surface area contributed by atoms with E-state index in [1.807, 2.05) is 19.1 Å². The minimum Gasteiger partial charge on any atom is -0.391 e. The molecule has 1 aliphatic heterocycles. The molecule has 0 saturated carbocycles. The average Bonchev–Trinajstić information content (AvgIpc) is 2.96. The third-order valence-electron chi connectivity index (χ3n) is 3.50. The summed E-state index contributed by atoms with van der Waals surface area (Å²) in [6.45, 7) is 3.56. The van der Waals surface area contributed by atoms with E-state index in [1.54, 1.807) is 6.20 Å². The molecule has 0 amide bonds. The average molecular weight is 274 g/mol. The fourth-order valence-corrected chi connectivity index (χ4v) is 2.38. The van der Waals surface area contributed by atoms with E-state index in [2.05, 4.69) is 20.0 Å². The summed E-state index contributed by atoms with van der Waals surface area (Å²) in [5, 5.41) is 13.6. The van der Waals surface area contributed by atoms with E-state index in [-0.39, 0.29) is 6.10 Å². The van der Waals surface area contributed by atoms with Crippen LogP contribution < -0.4 is 4.90 Å². The Kier molecular flexibility index (Phi) is 3.64. The summed E-state index contributed by atoms with van der Waals surface area (Å²) in [6.07, 6.45) is 4.10. The fraction of sp³-hybridized carbons (Fsp3) is 0.500. The zero-order valence-electron chi connectivity index (χ0n) is 11.5. The zero-order valence-corrected chi connectivity index (χ0v) is 11.5. The molecule has 0 aromatic carbocycles. The SMILES string of the molecule is CCc1noc(-c2ccc(N3CCCC(O)C3)nc2)n1. The first-order valence-corrected chi connectivity index (χ1v) is 6.98. The van der Waals surface area contributed by atoms with Gasteiger partial charge in [-0.05, 0) is 25.0 Å². The number of hydrogen-bond acceptors (Lipinski definition) is 6. The van der Waals surface area contributed by atoms with Gasteiger partial charge in [-0.1, -0.05) is 12.1 Å². The minimum atomic E-state index is -0.256. The maximum Gasteiger partial charge on any atom is 0.259 e. The lowest BCUT2D eigenvalue weighted by Crippen LogP contribution is -2.38. The van der Waals surface area contributed by atoms with Crippen molar-refractivity contribution in [2.45, 2.75) is 32.3 Å². The second kappa shape index (κ2) is 5.58. The maximum absolute atomic E-state index is 9.70. The molecule has 1 saturated heterocycles. The van der Waals surface area contributed by atoms with E-state index in [9.17, 15) is 5.11 Å². The number of aliphatic hydroxyl groups is 1. The summed E-state index contributed by atoms with van der Waals surface area (Å²) in [5.41, 5.74) is 0.818. The minimum absolute atomic E-state index is 0.256. The molecule has 1 N–H and O–H groups in total. The topological polar surface area (TPSA) is 75.3 Å². The lowest BCUT2D eigenvalue weighted by Gasteiger charge is -2.30. The molecule has 0 spiro atoms. The summed E-state index contributed by atoms with van der Waals surface area (Å²) >= 11 is 0. The van der Waals surface area contributed by atoms with Crippen molar-refractivity contribution >= 4 is 5.82 Å². The molecule has 0 bridgehead atoms. The molecule has 1 atom stereocenters. The number of rotatable bonds is 3. The van der Waals surface area contributed by atoms with Crippen molar-refractivity contribution in [1.82, 2.24) is 15.1 Å². The van der Waals surface area contributed by atoms with E-state index >= 15 is 0 Å². The predicted molar refractivity (Wildman–Crippen MR) is 74.4 cm³/mol. The lowest BCUT2D eigenvalue weighted by atomic mass is 10.1. The van der Waals surface area contributed by atoms with Crippen LogP contribution in [0.4, 0.5) is 5.82 Å². The van der Waals surface area contributed by atoms with E-state index in [0.717, 1.165) is 37.2 Å². The molecule has 1 aliphatic rings. The van der Waals surface area contributed by atoms with Crippen LogP contribution in [0.15, 0.2) is 22.9 Å². The van der Waals surface area contributed by atoms with Crippen molar-refractivity contribution < 1.29 is 9.63 Å². The molecule has 1 fully saturated rings. The van der Waals surface area contributed by atoms with Crippen LogP contribution in [0.5, 0.6) is 0 Å². The van der Waals surface area contributed by atoms with Crippen LogP contribution in [0.1, 0.15) is 25.6 Å². The van der Waals surface area contributed by atoms with Crippen LogP contribution in [0.2, 0.25) is 0 Å². The Labute approximate surface area is 117 Å². The highest BCUT2D eigenvalue weighted by molar-refractivity contribution is 5.54. The molecule has 1 unspecified atom stereocenters. The van der Waals surface area contributed by atoms with Crippen LogP contribution >= 0.6 is 0 Å². The number of piperidine rings is 1. The third kappa shape index (κ3) is 2.65. The molecular weight excluding hydrogens is 256 g/mol. The molecule has 6 heteroatoms. The zero-order chi connectivity index (χ0) is 13.9. The van der Waals surface area contributed by atoms with Crippen molar-refractivity contribution in [3.8, 4) is 11.5 Å². The Hall–Kier alpha value is -1.95. The molecule has 6 nitrogen and oxygen atoms in total. The number of hydrogen-bond donors (Lipinski definition) is 1. The van der Waals surface area contributed by atoms with Gasteiger partial charge in [0.05, 0.1) is 11.7 Å². The highest BCUT2D eigenvalue weighted by atomic mass is 16.5. The third-order valence-corrected chi connectivity index (χ3v) is 3.50. The summed E-state index contributed by atoms with van der Waals surface area (Å²) in [7, 11) is 0. The molecule has 0 radical (unpaired) electrons. The van der Waals surface area contributed by atoms with Gasteiger partial charge in [0.1, 0.15) is 5.82 Å². The van der Waals surface area contributed by atoms with E-state index in [1.165, 1.54) is 0 Å². The lowest BCUT2D eigenvalue weighted by molar-refractivity contribution is 0.154. The van der Waals surface area contributed by atoms with Gasteiger partial charge in [0.2, 0.25) is 0 Å². The monoisotopic (exact) mass is 274 g/mol. The van der Waals surface area contributed by atoms with Crippen LogP contribution in [0, 0.1) is 0 Å². The first kappa shape index (κ1) is 13.1. The Balaban J connectivity index is 1.77. The summed E-state index contributed by atoms with van der Waals surface area (Å²) in [4.78, 5) is 10.8. The Morgan fingerprint density at radius 3 is 3.00 bits per heavy atom. The largest absolute Gasteiger partial charge is 0.391 e. The van der Waals surface area contributed by atoms with Crippen molar-refractivity contribution in [1.29, 1.82) is 0 Å². The molecule has 2 aromatic heterocycles. The van der Waals surface area contributed by atoms with Gasteiger partial charge in [-0.25, -0.2) is 4.98 Å². The van der Waals surface area contributed by atoms with E-state index in [0.29, 0.717) is 18.3 Å². The van der Waals surface area contributed by atoms with Crippen molar-refractivity contribution in [2.24, 2.45) is 0 Å². The number of anilines is 1. The Morgan fingerprint density at radius 2 is 2.35 bits per heavy atom. The fourth-order valence-electron chi connectivity index (χ4n) is 2.38. The summed E-state index contributed by atoms with van der Waals surface area (Å²) in [5.74, 6) is 2.07. The quantitative estimate of drug-likeness (QED) is 0.917. The van der Waals surface area contributed by atoms with Crippen LogP contribution in [-0.4, -0.2) is 39.4 Å². The normalized spacial score (nSPS) is 19.3. The second-order valence-corrected chi connectivity index (χ2v) is 5.02. The molecule has 0 aliphatic carbocycles. The number of β-amino-alcohol motifs (C(OH)–C–C–N with tert-alkyl or cyclic N) is 1. The molecule has 106 valence electrons. The standard InChI is InChI=1S/C14H18N4O2/c1-2-12-16-14(20-17-12)10-5-6-13(15-8-10)18-7-3-4-11(19)9-18/h5-6,8,11,19H,2-4,7,9H2,1H3. The number of nitrogens with zero attached hydrogens (tertiary/aromatic N) is 4. The van der Waals surface area contributed by atoms with Crippen LogP contribution in [-0.2, 0) is 6.42 Å². The number of pyridine rings is 1. The van der Waals surface area contributed by atoms with Crippen molar-refractivity contribution in [3.63, 3.8) is 0 Å². The Morgan fingerprint density at radius 1 is 1.45 bits per heavy atom. The number of aromatic nitrogens is 3. The van der Waals surface area contributed by atoms with Gasteiger partial charge in [0.15, 0.2) is 5.82 Å². The van der Waals surface area contributed by atoms with Crippen LogP contribution in [0.3, 0.4) is 0 Å².